The third-order valence-corrected chi connectivity index (χ3v) is 3.16. The summed E-state index contributed by atoms with van der Waals surface area (Å²) in [4.78, 5) is 11.5. The van der Waals surface area contributed by atoms with Gasteiger partial charge in [-0.25, -0.2) is 0 Å². The van der Waals surface area contributed by atoms with E-state index >= 15 is 0 Å². The van der Waals surface area contributed by atoms with Crippen LogP contribution in [0.2, 0.25) is 5.02 Å². The van der Waals surface area contributed by atoms with Crippen molar-refractivity contribution in [2.24, 2.45) is 0 Å². The second kappa shape index (κ2) is 6.40. The molecule has 3 heteroatoms. The summed E-state index contributed by atoms with van der Waals surface area (Å²) in [6, 6.07) is 15.0. The van der Waals surface area contributed by atoms with Gasteiger partial charge in [0.2, 0.25) is 0 Å². The largest absolute Gasteiger partial charge is 0.497 e. The average Bonchev–Trinajstić information content (AvgIpc) is 2.46. The molecule has 0 spiro atoms. The lowest BCUT2D eigenvalue weighted by molar-refractivity contribution is -0.112. The summed E-state index contributed by atoms with van der Waals surface area (Å²) in [7, 11) is 1.63. The molecule has 20 heavy (non-hydrogen) atoms. The van der Waals surface area contributed by atoms with Crippen molar-refractivity contribution in [1.29, 1.82) is 0 Å². The van der Waals surface area contributed by atoms with E-state index in [1.165, 1.54) is 0 Å². The minimum absolute atomic E-state index is 0.00534. The van der Waals surface area contributed by atoms with Crippen LogP contribution in [0.1, 0.15) is 18.1 Å². The maximum absolute atomic E-state index is 11.5. The Bertz CT molecular complexity index is 625. The van der Waals surface area contributed by atoms with Crippen molar-refractivity contribution in [1.82, 2.24) is 0 Å². The quantitative estimate of drug-likeness (QED) is 0.780. The Balaban J connectivity index is 2.47. The van der Waals surface area contributed by atoms with Gasteiger partial charge >= 0.3 is 0 Å². The fraction of sp³-hybridized carbons (Fsp3) is 0.118. The van der Waals surface area contributed by atoms with Gasteiger partial charge in [-0.3, -0.25) is 4.79 Å². The van der Waals surface area contributed by atoms with E-state index in [2.05, 4.69) is 0 Å². The van der Waals surface area contributed by atoms with Crippen molar-refractivity contribution in [3.63, 3.8) is 0 Å². The summed E-state index contributed by atoms with van der Waals surface area (Å²) in [6.45, 7) is 1.54. The van der Waals surface area contributed by atoms with E-state index < -0.39 is 0 Å². The van der Waals surface area contributed by atoms with Gasteiger partial charge in [-0.15, -0.1) is 0 Å². The van der Waals surface area contributed by atoms with Crippen LogP contribution in [0.4, 0.5) is 0 Å². The summed E-state index contributed by atoms with van der Waals surface area (Å²) in [5, 5.41) is 0.672. The lowest BCUT2D eigenvalue weighted by atomic mass is 9.97. The first-order valence-corrected chi connectivity index (χ1v) is 6.60. The van der Waals surface area contributed by atoms with Gasteiger partial charge in [-0.2, -0.15) is 0 Å². The molecule has 0 bridgehead atoms. The Hall–Kier alpha value is -2.06. The molecule has 2 aromatic carbocycles. The topological polar surface area (TPSA) is 26.3 Å². The van der Waals surface area contributed by atoms with Crippen LogP contribution in [0.15, 0.2) is 54.6 Å². The van der Waals surface area contributed by atoms with E-state index in [-0.39, 0.29) is 5.78 Å². The number of ether oxygens (including phenoxy) is 1. The zero-order valence-electron chi connectivity index (χ0n) is 11.4. The third kappa shape index (κ3) is 3.49. The highest BCUT2D eigenvalue weighted by Crippen LogP contribution is 2.26. The number of hydrogen-bond donors (Lipinski definition) is 0. The summed E-state index contributed by atoms with van der Waals surface area (Å²) in [6.07, 6.45) is 1.63. The highest BCUT2D eigenvalue weighted by atomic mass is 35.5. The molecule has 0 amide bonds. The number of methoxy groups -OCH3 is 1. The van der Waals surface area contributed by atoms with Crippen LogP contribution in [0, 0.1) is 0 Å². The molecule has 0 aliphatic heterocycles. The molecule has 2 aromatic rings. The Labute approximate surface area is 123 Å². The van der Waals surface area contributed by atoms with Gasteiger partial charge in [0, 0.05) is 5.02 Å². The lowest BCUT2D eigenvalue weighted by Crippen LogP contribution is -1.93. The smallest absolute Gasteiger partial charge is 0.153 e. The number of carbonyl (C=O) groups is 1. The first-order valence-electron chi connectivity index (χ1n) is 6.23. The van der Waals surface area contributed by atoms with Crippen molar-refractivity contribution in [3.05, 3.63) is 70.8 Å². The van der Waals surface area contributed by atoms with E-state index in [1.807, 2.05) is 48.5 Å². The van der Waals surface area contributed by atoms with E-state index in [9.17, 15) is 4.79 Å². The zero-order chi connectivity index (χ0) is 14.5. The van der Waals surface area contributed by atoms with Crippen molar-refractivity contribution < 1.29 is 9.53 Å². The average molecular weight is 287 g/mol. The SMILES string of the molecule is COc1ccc(/C(=C/C(C)=O)c2ccc(Cl)cc2)cc1. The van der Waals surface area contributed by atoms with Gasteiger partial charge in [-0.1, -0.05) is 35.9 Å². The van der Waals surface area contributed by atoms with Crippen LogP contribution >= 0.6 is 11.6 Å². The first-order chi connectivity index (χ1) is 9.60. The molecule has 0 fully saturated rings. The molecule has 102 valence electrons. The molecule has 0 aromatic heterocycles. The van der Waals surface area contributed by atoms with Crippen LogP contribution in [0.3, 0.4) is 0 Å². The molecule has 0 aliphatic rings. The summed E-state index contributed by atoms with van der Waals surface area (Å²) >= 11 is 5.90. The zero-order valence-corrected chi connectivity index (χ0v) is 12.1. The number of carbonyl (C=O) groups excluding carboxylic acids is 1. The molecule has 0 saturated carbocycles. The van der Waals surface area contributed by atoms with E-state index in [0.29, 0.717) is 5.02 Å². The van der Waals surface area contributed by atoms with E-state index in [4.69, 9.17) is 16.3 Å². The summed E-state index contributed by atoms with van der Waals surface area (Å²) in [5.74, 6) is 0.790. The number of halogens is 1. The van der Waals surface area contributed by atoms with Gasteiger partial charge < -0.3 is 4.74 Å². The van der Waals surface area contributed by atoms with Crippen LogP contribution < -0.4 is 4.74 Å². The maximum atomic E-state index is 11.5. The van der Waals surface area contributed by atoms with E-state index in [0.717, 1.165) is 22.4 Å². The lowest BCUT2D eigenvalue weighted by Gasteiger charge is -2.09. The highest BCUT2D eigenvalue weighted by Gasteiger charge is 2.07. The van der Waals surface area contributed by atoms with Crippen molar-refractivity contribution in [2.75, 3.05) is 7.11 Å². The third-order valence-electron chi connectivity index (χ3n) is 2.90. The normalized spacial score (nSPS) is 11.2. The Morgan fingerprint density at radius 2 is 1.50 bits per heavy atom. The first kappa shape index (κ1) is 14.4. The molecule has 0 N–H and O–H groups in total. The fourth-order valence-electron chi connectivity index (χ4n) is 1.94. The number of benzene rings is 2. The Morgan fingerprint density at radius 3 is 1.95 bits per heavy atom. The molecule has 0 atom stereocenters. The number of ketones is 1. The number of hydrogen-bond acceptors (Lipinski definition) is 2. The molecule has 0 unspecified atom stereocenters. The van der Waals surface area contributed by atoms with Crippen LogP contribution in [-0.4, -0.2) is 12.9 Å². The number of rotatable bonds is 4. The van der Waals surface area contributed by atoms with Crippen molar-refractivity contribution in [2.45, 2.75) is 6.92 Å². The second-order valence-electron chi connectivity index (χ2n) is 4.40. The molecular formula is C17H15ClO2. The Kier molecular flexibility index (Phi) is 4.59. The molecule has 2 nitrogen and oxygen atoms in total. The van der Waals surface area contributed by atoms with E-state index in [1.54, 1.807) is 20.1 Å². The van der Waals surface area contributed by atoms with Crippen LogP contribution in [0.25, 0.3) is 5.57 Å². The van der Waals surface area contributed by atoms with Crippen LogP contribution in [-0.2, 0) is 4.79 Å². The molecule has 0 saturated heterocycles. The molecule has 0 heterocycles. The molecule has 2 rings (SSSR count). The second-order valence-corrected chi connectivity index (χ2v) is 4.84. The standard InChI is InChI=1S/C17H15ClO2/c1-12(19)11-17(13-3-7-15(18)8-4-13)14-5-9-16(20-2)10-6-14/h3-11H,1-2H3/b17-11+. The predicted octanol–water partition coefficient (Wildman–Crippen LogP) is 4.37. The Morgan fingerprint density at radius 1 is 1.00 bits per heavy atom. The van der Waals surface area contributed by atoms with Gasteiger partial charge in [0.25, 0.3) is 0 Å². The molecule has 0 aliphatic carbocycles. The van der Waals surface area contributed by atoms with Crippen LogP contribution in [0.5, 0.6) is 5.75 Å². The summed E-state index contributed by atoms with van der Waals surface area (Å²) in [5.41, 5.74) is 2.79. The summed E-state index contributed by atoms with van der Waals surface area (Å²) < 4.78 is 5.15. The van der Waals surface area contributed by atoms with Gasteiger partial charge in [0.1, 0.15) is 5.75 Å². The fourth-order valence-corrected chi connectivity index (χ4v) is 2.06. The maximum Gasteiger partial charge on any atom is 0.153 e. The van der Waals surface area contributed by atoms with Gasteiger partial charge in [0.15, 0.2) is 5.78 Å². The predicted molar refractivity (Wildman–Crippen MR) is 82.2 cm³/mol. The monoisotopic (exact) mass is 286 g/mol. The van der Waals surface area contributed by atoms with Gasteiger partial charge in [0.05, 0.1) is 7.11 Å². The van der Waals surface area contributed by atoms with Crippen molar-refractivity contribution in [3.8, 4) is 5.75 Å². The minimum Gasteiger partial charge on any atom is -0.497 e. The number of allylic oxidation sites excluding steroid dienone is 1. The van der Waals surface area contributed by atoms with Gasteiger partial charge in [-0.05, 0) is 54.0 Å². The van der Waals surface area contributed by atoms with Crippen molar-refractivity contribution >= 4 is 23.0 Å². The highest BCUT2D eigenvalue weighted by molar-refractivity contribution is 6.30. The molecular weight excluding hydrogens is 272 g/mol. The molecule has 0 radical (unpaired) electrons. The minimum atomic E-state index is 0.00534.